The third kappa shape index (κ3) is 5.82. The Morgan fingerprint density at radius 1 is 1.23 bits per heavy atom. The molecule has 7 heteroatoms. The van der Waals surface area contributed by atoms with E-state index < -0.39 is 6.04 Å². The molecule has 1 aliphatic heterocycles. The van der Waals surface area contributed by atoms with Gasteiger partial charge in [0, 0.05) is 44.9 Å². The van der Waals surface area contributed by atoms with E-state index in [-0.39, 0.29) is 30.6 Å². The third-order valence-electron chi connectivity index (χ3n) is 5.72. The molecule has 166 valence electrons. The molecule has 6 nitrogen and oxygen atoms in total. The van der Waals surface area contributed by atoms with Crippen LogP contribution in [0.5, 0.6) is 5.75 Å². The summed E-state index contributed by atoms with van der Waals surface area (Å²) in [5.41, 5.74) is 2.76. The van der Waals surface area contributed by atoms with Crippen molar-refractivity contribution in [1.82, 2.24) is 15.1 Å². The molecular weight excluding hydrogens is 397 g/mol. The summed E-state index contributed by atoms with van der Waals surface area (Å²) in [6.45, 7) is 3.86. The first-order chi connectivity index (χ1) is 14.9. The van der Waals surface area contributed by atoms with E-state index in [9.17, 15) is 14.0 Å². The van der Waals surface area contributed by atoms with Gasteiger partial charge < -0.3 is 15.0 Å². The lowest BCUT2D eigenvalue weighted by atomic mass is 10.1. The summed E-state index contributed by atoms with van der Waals surface area (Å²) in [6, 6.07) is 12.2. The van der Waals surface area contributed by atoms with Crippen LogP contribution in [0.3, 0.4) is 0 Å². The minimum atomic E-state index is -0.632. The van der Waals surface area contributed by atoms with Gasteiger partial charge in [0.2, 0.25) is 11.8 Å². The Balaban J connectivity index is 1.66. The van der Waals surface area contributed by atoms with Crippen molar-refractivity contribution in [2.45, 2.75) is 38.9 Å². The Kier molecular flexibility index (Phi) is 7.63. The highest BCUT2D eigenvalue weighted by Gasteiger charge is 2.32. The molecule has 1 fully saturated rings. The number of rotatable bonds is 8. The molecule has 1 atom stereocenters. The number of halogens is 1. The summed E-state index contributed by atoms with van der Waals surface area (Å²) in [6.07, 6.45) is 1.02. The van der Waals surface area contributed by atoms with E-state index in [0.29, 0.717) is 30.9 Å². The van der Waals surface area contributed by atoms with Crippen LogP contribution in [0.4, 0.5) is 4.39 Å². The van der Waals surface area contributed by atoms with E-state index >= 15 is 0 Å². The van der Waals surface area contributed by atoms with Crippen LogP contribution < -0.4 is 10.1 Å². The maximum Gasteiger partial charge on any atom is 0.237 e. The van der Waals surface area contributed by atoms with Gasteiger partial charge in [0.15, 0.2) is 0 Å². The molecule has 0 spiro atoms. The van der Waals surface area contributed by atoms with Gasteiger partial charge in [0.05, 0.1) is 19.6 Å². The van der Waals surface area contributed by atoms with Gasteiger partial charge in [-0.1, -0.05) is 37.3 Å². The smallest absolute Gasteiger partial charge is 0.237 e. The van der Waals surface area contributed by atoms with Gasteiger partial charge in [0.1, 0.15) is 11.6 Å². The lowest BCUT2D eigenvalue weighted by Gasteiger charge is -2.35. The summed E-state index contributed by atoms with van der Waals surface area (Å²) >= 11 is 0. The monoisotopic (exact) mass is 427 g/mol. The molecule has 2 aromatic carbocycles. The Bertz CT molecular complexity index is 917. The van der Waals surface area contributed by atoms with Gasteiger partial charge in [0.25, 0.3) is 0 Å². The van der Waals surface area contributed by atoms with Crippen molar-refractivity contribution in [3.8, 4) is 5.75 Å². The van der Waals surface area contributed by atoms with Crippen molar-refractivity contribution in [1.29, 1.82) is 0 Å². The number of methoxy groups -OCH3 is 1. The van der Waals surface area contributed by atoms with Crippen LogP contribution in [0.15, 0.2) is 42.5 Å². The van der Waals surface area contributed by atoms with Gasteiger partial charge >= 0.3 is 0 Å². The third-order valence-corrected chi connectivity index (χ3v) is 5.72. The van der Waals surface area contributed by atoms with Crippen molar-refractivity contribution in [2.24, 2.45) is 0 Å². The molecule has 0 radical (unpaired) electrons. The first kappa shape index (κ1) is 22.7. The second-order valence-corrected chi connectivity index (χ2v) is 7.86. The average Bonchev–Trinajstić information content (AvgIpc) is 2.77. The summed E-state index contributed by atoms with van der Waals surface area (Å²) in [5.74, 6) is -0.267. The standard InChI is InChI=1S/C24H30FN3O3/c1-4-17-5-7-18(8-6-17)15-27(2)23(29)14-22-24(30)26-11-12-28(22)16-19-9-10-20(31-3)13-21(19)25/h5-10,13,22H,4,11-12,14-16H2,1-3H3,(H,26,30)/t22-/m1/s1. The molecule has 0 saturated carbocycles. The average molecular weight is 428 g/mol. The molecule has 31 heavy (non-hydrogen) atoms. The normalized spacial score (nSPS) is 16.6. The fourth-order valence-corrected chi connectivity index (χ4v) is 3.74. The van der Waals surface area contributed by atoms with Crippen molar-refractivity contribution < 1.29 is 18.7 Å². The minimum Gasteiger partial charge on any atom is -0.497 e. The zero-order valence-corrected chi connectivity index (χ0v) is 18.4. The summed E-state index contributed by atoms with van der Waals surface area (Å²) in [4.78, 5) is 28.9. The van der Waals surface area contributed by atoms with Crippen LogP contribution >= 0.6 is 0 Å². The van der Waals surface area contributed by atoms with Crippen LogP contribution in [-0.4, -0.2) is 54.9 Å². The number of hydrogen-bond donors (Lipinski definition) is 1. The lowest BCUT2D eigenvalue weighted by molar-refractivity contribution is -0.138. The van der Waals surface area contributed by atoms with E-state index in [0.717, 1.165) is 12.0 Å². The fourth-order valence-electron chi connectivity index (χ4n) is 3.74. The maximum atomic E-state index is 14.4. The maximum absolute atomic E-state index is 14.4. The first-order valence-corrected chi connectivity index (χ1v) is 10.6. The van der Waals surface area contributed by atoms with Crippen LogP contribution in [0, 0.1) is 5.82 Å². The molecule has 0 unspecified atom stereocenters. The van der Waals surface area contributed by atoms with E-state index in [1.165, 1.54) is 18.7 Å². The number of hydrogen-bond acceptors (Lipinski definition) is 4. The zero-order chi connectivity index (χ0) is 22.4. The Morgan fingerprint density at radius 2 is 1.94 bits per heavy atom. The van der Waals surface area contributed by atoms with Crippen LogP contribution in [0.25, 0.3) is 0 Å². The van der Waals surface area contributed by atoms with Gasteiger partial charge in [-0.15, -0.1) is 0 Å². The lowest BCUT2D eigenvalue weighted by Crippen LogP contribution is -2.56. The highest BCUT2D eigenvalue weighted by molar-refractivity contribution is 5.88. The Morgan fingerprint density at radius 3 is 2.58 bits per heavy atom. The molecule has 1 saturated heterocycles. The van der Waals surface area contributed by atoms with E-state index in [1.54, 1.807) is 24.1 Å². The number of amides is 2. The number of carbonyl (C=O) groups excluding carboxylic acids is 2. The Labute approximate surface area is 183 Å². The highest BCUT2D eigenvalue weighted by atomic mass is 19.1. The molecule has 1 N–H and O–H groups in total. The molecule has 0 aromatic heterocycles. The van der Waals surface area contributed by atoms with Crippen molar-refractivity contribution in [3.63, 3.8) is 0 Å². The summed E-state index contributed by atoms with van der Waals surface area (Å²) in [5, 5.41) is 2.82. The molecule has 1 aliphatic rings. The number of aryl methyl sites for hydroxylation is 1. The molecule has 2 aromatic rings. The van der Waals surface area contributed by atoms with Crippen molar-refractivity contribution in [2.75, 3.05) is 27.2 Å². The first-order valence-electron chi connectivity index (χ1n) is 10.6. The van der Waals surface area contributed by atoms with E-state index in [1.807, 2.05) is 17.0 Å². The molecule has 1 heterocycles. The Hall–Kier alpha value is -2.93. The van der Waals surface area contributed by atoms with Crippen molar-refractivity contribution >= 4 is 11.8 Å². The molecule has 0 aliphatic carbocycles. The summed E-state index contributed by atoms with van der Waals surface area (Å²) < 4.78 is 19.5. The van der Waals surface area contributed by atoms with Crippen LogP contribution in [0.2, 0.25) is 0 Å². The molecule has 0 bridgehead atoms. The summed E-state index contributed by atoms with van der Waals surface area (Å²) in [7, 11) is 3.23. The quantitative estimate of drug-likeness (QED) is 0.704. The number of piperazine rings is 1. The van der Waals surface area contributed by atoms with Gasteiger partial charge in [-0.05, 0) is 23.6 Å². The molecule has 3 rings (SSSR count). The van der Waals surface area contributed by atoms with Gasteiger partial charge in [-0.25, -0.2) is 4.39 Å². The predicted molar refractivity (Wildman–Crippen MR) is 117 cm³/mol. The SMILES string of the molecule is CCc1ccc(CN(C)C(=O)C[C@@H]2C(=O)NCCN2Cc2ccc(OC)cc2F)cc1. The predicted octanol–water partition coefficient (Wildman–Crippen LogP) is 2.75. The number of ether oxygens (including phenoxy) is 1. The van der Waals surface area contributed by atoms with Crippen LogP contribution in [0.1, 0.15) is 30.0 Å². The van der Waals surface area contributed by atoms with Crippen LogP contribution in [-0.2, 0) is 29.1 Å². The largest absolute Gasteiger partial charge is 0.497 e. The highest BCUT2D eigenvalue weighted by Crippen LogP contribution is 2.21. The molecular formula is C24H30FN3O3. The van der Waals surface area contributed by atoms with Crippen molar-refractivity contribution in [3.05, 3.63) is 65.0 Å². The second-order valence-electron chi connectivity index (χ2n) is 7.86. The number of carbonyl (C=O) groups is 2. The molecule has 2 amide bonds. The van der Waals surface area contributed by atoms with Gasteiger partial charge in [-0.3, -0.25) is 14.5 Å². The fraction of sp³-hybridized carbons (Fsp3) is 0.417. The zero-order valence-electron chi connectivity index (χ0n) is 18.4. The minimum absolute atomic E-state index is 0.0488. The van der Waals surface area contributed by atoms with Gasteiger partial charge in [-0.2, -0.15) is 0 Å². The van der Waals surface area contributed by atoms with E-state index in [4.69, 9.17) is 4.74 Å². The number of benzene rings is 2. The van der Waals surface area contributed by atoms with E-state index in [2.05, 4.69) is 24.4 Å². The number of nitrogens with one attached hydrogen (secondary N) is 1. The topological polar surface area (TPSA) is 61.9 Å². The second kappa shape index (κ2) is 10.4. The number of nitrogens with zero attached hydrogens (tertiary/aromatic N) is 2.